The predicted molar refractivity (Wildman–Crippen MR) is 118 cm³/mol. The van der Waals surface area contributed by atoms with Crippen LogP contribution in [0.2, 0.25) is 5.02 Å². The van der Waals surface area contributed by atoms with Gasteiger partial charge in [-0.3, -0.25) is 9.69 Å². The van der Waals surface area contributed by atoms with Crippen LogP contribution in [0.3, 0.4) is 0 Å². The summed E-state index contributed by atoms with van der Waals surface area (Å²) in [4.78, 5) is 15.1. The Balaban J connectivity index is 1.84. The van der Waals surface area contributed by atoms with Crippen molar-refractivity contribution < 1.29 is 14.6 Å². The molecule has 0 aliphatic carbocycles. The number of ketones is 1. The Morgan fingerprint density at radius 2 is 2.00 bits per heavy atom. The van der Waals surface area contributed by atoms with Gasteiger partial charge in [-0.1, -0.05) is 36.7 Å². The summed E-state index contributed by atoms with van der Waals surface area (Å²) < 4.78 is 5.73. The topological polar surface area (TPSA) is 49.8 Å². The molecule has 3 rings (SSSR count). The van der Waals surface area contributed by atoms with E-state index < -0.39 is 0 Å². The van der Waals surface area contributed by atoms with E-state index in [2.05, 4.69) is 11.8 Å². The number of phenols is 1. The van der Waals surface area contributed by atoms with Crippen molar-refractivity contribution in [3.63, 3.8) is 0 Å². The van der Waals surface area contributed by atoms with Crippen LogP contribution in [0.4, 0.5) is 0 Å². The number of aromatic hydroxyl groups is 1. The van der Waals surface area contributed by atoms with Crippen LogP contribution in [0.15, 0.2) is 42.5 Å². The zero-order valence-electron chi connectivity index (χ0n) is 17.0. The molecule has 2 aromatic rings. The van der Waals surface area contributed by atoms with Gasteiger partial charge < -0.3 is 9.84 Å². The molecule has 2 aromatic carbocycles. The third kappa shape index (κ3) is 5.62. The molecule has 1 saturated heterocycles. The van der Waals surface area contributed by atoms with Gasteiger partial charge in [-0.15, -0.1) is 0 Å². The third-order valence-electron chi connectivity index (χ3n) is 5.33. The molecule has 0 unspecified atom stereocenters. The number of likely N-dealkylation sites (tertiary alicyclic amines) is 1. The van der Waals surface area contributed by atoms with Crippen LogP contribution in [-0.4, -0.2) is 35.5 Å². The summed E-state index contributed by atoms with van der Waals surface area (Å²) in [6.45, 7) is 7.47. The zero-order chi connectivity index (χ0) is 20.8. The van der Waals surface area contributed by atoms with Crippen molar-refractivity contribution in [1.82, 2.24) is 4.90 Å². The maximum atomic E-state index is 12.8. The average molecular weight is 414 g/mol. The molecule has 5 heteroatoms. The number of hydrogen-bond donors (Lipinski definition) is 1. The minimum atomic E-state index is -0.265. The molecule has 0 spiro atoms. The monoisotopic (exact) mass is 413 g/mol. The Morgan fingerprint density at radius 1 is 1.28 bits per heavy atom. The van der Waals surface area contributed by atoms with Gasteiger partial charge in [-0.2, -0.15) is 0 Å². The number of benzene rings is 2. The zero-order valence-corrected chi connectivity index (χ0v) is 17.8. The van der Waals surface area contributed by atoms with E-state index in [1.165, 1.54) is 18.9 Å². The van der Waals surface area contributed by atoms with Crippen molar-refractivity contribution in [3.05, 3.63) is 64.2 Å². The maximum absolute atomic E-state index is 12.8. The largest absolute Gasteiger partial charge is 0.507 e. The fourth-order valence-electron chi connectivity index (χ4n) is 3.55. The first kappa shape index (κ1) is 21.4. The van der Waals surface area contributed by atoms with Gasteiger partial charge in [0.1, 0.15) is 11.5 Å². The number of carbonyl (C=O) groups excluding carboxylic acids is 1. The molecule has 154 valence electrons. The van der Waals surface area contributed by atoms with E-state index in [0.29, 0.717) is 23.9 Å². The molecule has 1 heterocycles. The molecular formula is C24H28ClNO3. The van der Waals surface area contributed by atoms with Crippen LogP contribution in [0, 0.1) is 5.92 Å². The van der Waals surface area contributed by atoms with Gasteiger partial charge in [0.25, 0.3) is 0 Å². The number of halogens is 1. The number of phenolic OH excluding ortho intramolecular Hbond substituents is 1. The molecule has 29 heavy (non-hydrogen) atoms. The Bertz CT molecular complexity index is 886. The Hall–Kier alpha value is -2.30. The van der Waals surface area contributed by atoms with Gasteiger partial charge in [-0.25, -0.2) is 0 Å². The molecule has 1 N–H and O–H groups in total. The lowest BCUT2D eigenvalue weighted by Gasteiger charge is -2.30. The number of ether oxygens (including phenoxy) is 1. The Morgan fingerprint density at radius 3 is 2.69 bits per heavy atom. The normalized spacial score (nSPS) is 15.7. The summed E-state index contributed by atoms with van der Waals surface area (Å²) in [6, 6.07) is 10.6. The quantitative estimate of drug-likeness (QED) is 0.476. The molecule has 1 aliphatic rings. The second kappa shape index (κ2) is 9.95. The second-order valence-electron chi connectivity index (χ2n) is 7.59. The average Bonchev–Trinajstić information content (AvgIpc) is 2.71. The van der Waals surface area contributed by atoms with Gasteiger partial charge in [0.05, 0.1) is 12.2 Å². The predicted octanol–water partition coefficient (Wildman–Crippen LogP) is 5.57. The lowest BCUT2D eigenvalue weighted by atomic mass is 9.98. The van der Waals surface area contributed by atoms with E-state index in [9.17, 15) is 9.90 Å². The van der Waals surface area contributed by atoms with Crippen molar-refractivity contribution in [1.29, 1.82) is 0 Å². The summed E-state index contributed by atoms with van der Waals surface area (Å²) in [5.41, 5.74) is 1.96. The minimum absolute atomic E-state index is 0.0710. The lowest BCUT2D eigenvalue weighted by Crippen LogP contribution is -2.32. The highest BCUT2D eigenvalue weighted by atomic mass is 35.5. The van der Waals surface area contributed by atoms with Gasteiger partial charge in [0.15, 0.2) is 5.78 Å². The lowest BCUT2D eigenvalue weighted by molar-refractivity contribution is 0.104. The SMILES string of the molecule is CCOc1cc(O)c(C(=O)/C=C/c2ccccc2Cl)cc1CN1CCC(C)CC1. The fraction of sp³-hybridized carbons (Fsp3) is 0.375. The van der Waals surface area contributed by atoms with Crippen LogP contribution in [-0.2, 0) is 6.54 Å². The van der Waals surface area contributed by atoms with E-state index in [1.54, 1.807) is 24.3 Å². The number of allylic oxidation sites excluding steroid dienone is 1. The van der Waals surface area contributed by atoms with Crippen molar-refractivity contribution in [2.45, 2.75) is 33.2 Å². The second-order valence-corrected chi connectivity index (χ2v) is 8.00. The van der Waals surface area contributed by atoms with Crippen molar-refractivity contribution in [3.8, 4) is 11.5 Å². The number of rotatable bonds is 7. The maximum Gasteiger partial charge on any atom is 0.189 e. The summed E-state index contributed by atoms with van der Waals surface area (Å²) in [6.07, 6.45) is 5.47. The summed E-state index contributed by atoms with van der Waals surface area (Å²) in [5, 5.41) is 11.0. The van der Waals surface area contributed by atoms with Crippen LogP contribution in [0.1, 0.15) is 48.2 Å². The highest BCUT2D eigenvalue weighted by Crippen LogP contribution is 2.31. The van der Waals surface area contributed by atoms with E-state index in [1.807, 2.05) is 25.1 Å². The van der Waals surface area contributed by atoms with Gasteiger partial charge >= 0.3 is 0 Å². The number of nitrogens with zero attached hydrogens (tertiary/aromatic N) is 1. The van der Waals surface area contributed by atoms with Crippen molar-refractivity contribution in [2.24, 2.45) is 5.92 Å². The van der Waals surface area contributed by atoms with E-state index >= 15 is 0 Å². The van der Waals surface area contributed by atoms with Crippen LogP contribution < -0.4 is 4.74 Å². The van der Waals surface area contributed by atoms with Crippen molar-refractivity contribution >= 4 is 23.5 Å². The summed E-state index contributed by atoms with van der Waals surface area (Å²) in [5.74, 6) is 1.05. The fourth-order valence-corrected chi connectivity index (χ4v) is 3.75. The number of piperidine rings is 1. The molecule has 0 radical (unpaired) electrons. The highest BCUT2D eigenvalue weighted by molar-refractivity contribution is 6.32. The molecule has 1 aliphatic heterocycles. The van der Waals surface area contributed by atoms with E-state index in [-0.39, 0.29) is 17.1 Å². The van der Waals surface area contributed by atoms with Crippen molar-refractivity contribution in [2.75, 3.05) is 19.7 Å². The molecule has 0 saturated carbocycles. The standard InChI is InChI=1S/C24H28ClNO3/c1-3-29-24-15-23(28)20(14-19(24)16-26-12-10-17(2)11-13-26)22(27)9-8-18-6-4-5-7-21(18)25/h4-9,14-15,17,28H,3,10-13,16H2,1-2H3/b9-8+. The first-order valence-corrected chi connectivity index (χ1v) is 10.5. The number of hydrogen-bond acceptors (Lipinski definition) is 4. The molecule has 0 aromatic heterocycles. The number of carbonyl (C=O) groups is 1. The van der Waals surface area contributed by atoms with Crippen LogP contribution in [0.25, 0.3) is 6.08 Å². The van der Waals surface area contributed by atoms with Crippen LogP contribution >= 0.6 is 11.6 Å². The molecule has 0 atom stereocenters. The molecular weight excluding hydrogens is 386 g/mol. The highest BCUT2D eigenvalue weighted by Gasteiger charge is 2.20. The Labute approximate surface area is 177 Å². The van der Waals surface area contributed by atoms with Gasteiger partial charge in [-0.05, 0) is 68.6 Å². The first-order chi connectivity index (χ1) is 14.0. The smallest absolute Gasteiger partial charge is 0.189 e. The third-order valence-corrected chi connectivity index (χ3v) is 5.68. The van der Waals surface area contributed by atoms with Gasteiger partial charge in [0.2, 0.25) is 0 Å². The molecule has 4 nitrogen and oxygen atoms in total. The summed E-state index contributed by atoms with van der Waals surface area (Å²) >= 11 is 6.15. The summed E-state index contributed by atoms with van der Waals surface area (Å²) in [7, 11) is 0. The first-order valence-electron chi connectivity index (χ1n) is 10.2. The molecule has 1 fully saturated rings. The Kier molecular flexibility index (Phi) is 7.34. The minimum Gasteiger partial charge on any atom is -0.507 e. The van der Waals surface area contributed by atoms with E-state index in [4.69, 9.17) is 16.3 Å². The van der Waals surface area contributed by atoms with E-state index in [0.717, 1.165) is 30.1 Å². The van der Waals surface area contributed by atoms with Crippen LogP contribution in [0.5, 0.6) is 11.5 Å². The molecule has 0 amide bonds. The molecule has 0 bridgehead atoms. The van der Waals surface area contributed by atoms with Gasteiger partial charge in [0, 0.05) is 23.2 Å².